The van der Waals surface area contributed by atoms with Crippen molar-refractivity contribution in [3.05, 3.63) is 29.8 Å². The van der Waals surface area contributed by atoms with E-state index in [4.69, 9.17) is 4.74 Å². The number of hydrogen-bond acceptors (Lipinski definition) is 3. The third-order valence-corrected chi connectivity index (χ3v) is 4.15. The van der Waals surface area contributed by atoms with E-state index < -0.39 is 5.41 Å². The van der Waals surface area contributed by atoms with Crippen molar-refractivity contribution in [1.29, 1.82) is 0 Å². The van der Waals surface area contributed by atoms with Crippen LogP contribution in [0.25, 0.3) is 0 Å². The topological polar surface area (TPSA) is 46.5 Å². The molecule has 22 heavy (non-hydrogen) atoms. The van der Waals surface area contributed by atoms with Crippen LogP contribution in [0.5, 0.6) is 5.75 Å². The van der Waals surface area contributed by atoms with Crippen molar-refractivity contribution in [2.45, 2.75) is 65.7 Å². The molecule has 0 aliphatic rings. The maximum Gasteiger partial charge on any atom is 0.311 e. The number of hydrogen-bond donors (Lipinski definition) is 1. The first kappa shape index (κ1) is 18.5. The van der Waals surface area contributed by atoms with E-state index in [-0.39, 0.29) is 11.7 Å². The molecule has 1 atom stereocenters. The molecule has 0 fully saturated rings. The molecule has 0 heterocycles. The fraction of sp³-hybridized carbons (Fsp3) is 0.632. The molecule has 124 valence electrons. The summed E-state index contributed by atoms with van der Waals surface area (Å²) < 4.78 is 5.43. The van der Waals surface area contributed by atoms with Crippen molar-refractivity contribution in [1.82, 2.24) is 0 Å². The summed E-state index contributed by atoms with van der Waals surface area (Å²) in [6, 6.07) is 7.28. The lowest BCUT2D eigenvalue weighted by Crippen LogP contribution is -2.29. The largest absolute Gasteiger partial charge is 0.508 e. The molecule has 1 N–H and O–H groups in total. The zero-order valence-corrected chi connectivity index (χ0v) is 14.4. The molecule has 1 rings (SSSR count). The Balaban J connectivity index is 2.63. The Hall–Kier alpha value is -1.51. The molecule has 0 aliphatic heterocycles. The number of carbonyl (C=O) groups excluding carboxylic acids is 1. The van der Waals surface area contributed by atoms with Crippen LogP contribution >= 0.6 is 0 Å². The standard InChI is InChI=1S/C19H30O3/c1-5-7-8-13-22-18(21)19(3,4)14-15(6-2)16-9-11-17(20)12-10-16/h9-12,15,20H,5-8,13-14H2,1-4H3. The molecule has 1 aromatic carbocycles. The molecule has 0 radical (unpaired) electrons. The fourth-order valence-electron chi connectivity index (χ4n) is 2.66. The monoisotopic (exact) mass is 306 g/mol. The minimum Gasteiger partial charge on any atom is -0.508 e. The predicted octanol–water partition coefficient (Wildman–Crippen LogP) is 5.04. The third-order valence-electron chi connectivity index (χ3n) is 4.15. The molecular weight excluding hydrogens is 276 g/mol. The van der Waals surface area contributed by atoms with Crippen LogP contribution in [0.4, 0.5) is 0 Å². The average Bonchev–Trinajstić information content (AvgIpc) is 2.50. The van der Waals surface area contributed by atoms with E-state index in [0.717, 1.165) is 37.7 Å². The van der Waals surface area contributed by atoms with Gasteiger partial charge < -0.3 is 9.84 Å². The van der Waals surface area contributed by atoms with Gasteiger partial charge in [0.1, 0.15) is 5.75 Å². The highest BCUT2D eigenvalue weighted by atomic mass is 16.5. The van der Waals surface area contributed by atoms with Crippen LogP contribution in [0.2, 0.25) is 0 Å². The highest BCUT2D eigenvalue weighted by molar-refractivity contribution is 5.76. The van der Waals surface area contributed by atoms with Gasteiger partial charge in [0.05, 0.1) is 12.0 Å². The van der Waals surface area contributed by atoms with Crippen molar-refractivity contribution in [3.63, 3.8) is 0 Å². The summed E-state index contributed by atoms with van der Waals surface area (Å²) in [5.74, 6) is 0.452. The van der Waals surface area contributed by atoms with E-state index in [0.29, 0.717) is 12.5 Å². The normalized spacial score (nSPS) is 12.9. The lowest BCUT2D eigenvalue weighted by atomic mass is 9.79. The van der Waals surface area contributed by atoms with Gasteiger partial charge in [0, 0.05) is 0 Å². The van der Waals surface area contributed by atoms with E-state index >= 15 is 0 Å². The van der Waals surface area contributed by atoms with Crippen LogP contribution in [0, 0.1) is 5.41 Å². The van der Waals surface area contributed by atoms with Crippen LogP contribution in [-0.4, -0.2) is 17.7 Å². The van der Waals surface area contributed by atoms with Gasteiger partial charge in [0.15, 0.2) is 0 Å². The molecule has 0 spiro atoms. The number of phenols is 1. The highest BCUT2D eigenvalue weighted by Crippen LogP contribution is 2.35. The van der Waals surface area contributed by atoms with Crippen LogP contribution < -0.4 is 0 Å². The van der Waals surface area contributed by atoms with Gasteiger partial charge in [0.25, 0.3) is 0 Å². The molecule has 0 aliphatic carbocycles. The van der Waals surface area contributed by atoms with Crippen LogP contribution in [-0.2, 0) is 9.53 Å². The van der Waals surface area contributed by atoms with Crippen molar-refractivity contribution < 1.29 is 14.6 Å². The second kappa shape index (κ2) is 8.82. The summed E-state index contributed by atoms with van der Waals surface area (Å²) in [5, 5.41) is 9.40. The number of unbranched alkanes of at least 4 members (excludes halogenated alkanes) is 2. The van der Waals surface area contributed by atoms with E-state index in [1.165, 1.54) is 0 Å². The zero-order chi connectivity index (χ0) is 16.6. The van der Waals surface area contributed by atoms with E-state index in [9.17, 15) is 9.90 Å². The molecule has 1 aromatic rings. The number of benzene rings is 1. The Morgan fingerprint density at radius 2 is 1.82 bits per heavy atom. The summed E-state index contributed by atoms with van der Waals surface area (Å²) in [6.45, 7) is 8.69. The van der Waals surface area contributed by atoms with Gasteiger partial charge in [-0.25, -0.2) is 0 Å². The van der Waals surface area contributed by atoms with Crippen molar-refractivity contribution in [3.8, 4) is 5.75 Å². The maximum absolute atomic E-state index is 12.3. The van der Waals surface area contributed by atoms with Gasteiger partial charge >= 0.3 is 5.97 Å². The molecule has 0 amide bonds. The molecule has 0 bridgehead atoms. The Morgan fingerprint density at radius 3 is 2.36 bits per heavy atom. The quantitative estimate of drug-likeness (QED) is 0.514. The van der Waals surface area contributed by atoms with Gasteiger partial charge in [0.2, 0.25) is 0 Å². The number of rotatable bonds is 9. The predicted molar refractivity (Wildman–Crippen MR) is 90.0 cm³/mol. The second-order valence-corrected chi connectivity index (χ2v) is 6.63. The highest BCUT2D eigenvalue weighted by Gasteiger charge is 2.32. The van der Waals surface area contributed by atoms with Crippen molar-refractivity contribution in [2.75, 3.05) is 6.61 Å². The van der Waals surface area contributed by atoms with Crippen LogP contribution in [0.3, 0.4) is 0 Å². The number of ether oxygens (including phenoxy) is 1. The SMILES string of the molecule is CCCCCOC(=O)C(C)(C)CC(CC)c1ccc(O)cc1. The minimum atomic E-state index is -0.495. The summed E-state index contributed by atoms with van der Waals surface area (Å²) in [7, 11) is 0. The van der Waals surface area contributed by atoms with Gasteiger partial charge in [-0.2, -0.15) is 0 Å². The lowest BCUT2D eigenvalue weighted by Gasteiger charge is -2.27. The minimum absolute atomic E-state index is 0.110. The van der Waals surface area contributed by atoms with Crippen molar-refractivity contribution in [2.24, 2.45) is 5.41 Å². The van der Waals surface area contributed by atoms with E-state index in [1.54, 1.807) is 12.1 Å². The summed E-state index contributed by atoms with van der Waals surface area (Å²) >= 11 is 0. The third kappa shape index (κ3) is 5.70. The molecule has 0 saturated carbocycles. The number of carbonyl (C=O) groups is 1. The van der Waals surface area contributed by atoms with Crippen molar-refractivity contribution >= 4 is 5.97 Å². The Morgan fingerprint density at radius 1 is 1.18 bits per heavy atom. The zero-order valence-electron chi connectivity index (χ0n) is 14.4. The van der Waals surface area contributed by atoms with Gasteiger partial charge in [-0.05, 0) is 56.7 Å². The smallest absolute Gasteiger partial charge is 0.311 e. The maximum atomic E-state index is 12.3. The first-order valence-electron chi connectivity index (χ1n) is 8.36. The Kier molecular flexibility index (Phi) is 7.43. The van der Waals surface area contributed by atoms with Gasteiger partial charge in [-0.15, -0.1) is 0 Å². The molecule has 0 aromatic heterocycles. The molecule has 1 unspecified atom stereocenters. The summed E-state index contributed by atoms with van der Waals surface area (Å²) in [6.07, 6.45) is 4.87. The second-order valence-electron chi connectivity index (χ2n) is 6.63. The van der Waals surface area contributed by atoms with Crippen LogP contribution in [0.15, 0.2) is 24.3 Å². The van der Waals surface area contributed by atoms with E-state index in [1.807, 2.05) is 26.0 Å². The first-order chi connectivity index (χ1) is 10.4. The average molecular weight is 306 g/mol. The van der Waals surface area contributed by atoms with Crippen LogP contribution in [0.1, 0.15) is 71.3 Å². The summed E-state index contributed by atoms with van der Waals surface area (Å²) in [4.78, 5) is 12.3. The lowest BCUT2D eigenvalue weighted by molar-refractivity contribution is -0.154. The van der Waals surface area contributed by atoms with E-state index in [2.05, 4.69) is 13.8 Å². The number of phenolic OH excluding ortho intramolecular Hbond substituents is 1. The Bertz CT molecular complexity index is 448. The molecule has 0 saturated heterocycles. The molecule has 3 heteroatoms. The Labute approximate surface area is 134 Å². The van der Waals surface area contributed by atoms with Gasteiger partial charge in [-0.3, -0.25) is 4.79 Å². The fourth-order valence-corrected chi connectivity index (χ4v) is 2.66. The number of esters is 1. The molecule has 3 nitrogen and oxygen atoms in total. The first-order valence-corrected chi connectivity index (χ1v) is 8.36. The molecular formula is C19H30O3. The van der Waals surface area contributed by atoms with Gasteiger partial charge in [-0.1, -0.05) is 38.8 Å². The summed E-state index contributed by atoms with van der Waals surface area (Å²) in [5.41, 5.74) is 0.664. The number of aromatic hydroxyl groups is 1.